The summed E-state index contributed by atoms with van der Waals surface area (Å²) < 4.78 is 24.1. The second kappa shape index (κ2) is 23.5. The molecule has 0 spiro atoms. The summed E-state index contributed by atoms with van der Waals surface area (Å²) in [5.41, 5.74) is 7.95. The van der Waals surface area contributed by atoms with E-state index in [9.17, 15) is 28.8 Å². The minimum Gasteiger partial charge on any atom is -0.488 e. The van der Waals surface area contributed by atoms with Crippen LogP contribution < -0.4 is 31.7 Å². The van der Waals surface area contributed by atoms with Crippen molar-refractivity contribution in [3.63, 3.8) is 0 Å². The SMILES string of the molecule is COC(=O)[C@H](CC(C)C)NC(=O)[C@@H](Cc1c[nH]c2ccccc12)NC(=O)[C@H](Cc1ccc(OC(C)(C)C)cc1)NC(=O)[C@H](COC(C)(C)C)NC(=O)[C@@H](N)Cc1cn(C(=O)OC(C)(C)C)c2ccccc12. The lowest BCUT2D eigenvalue weighted by Gasteiger charge is -2.28. The van der Waals surface area contributed by atoms with Crippen LogP contribution in [0.4, 0.5) is 4.79 Å². The fraction of sp³-hybridized carbons (Fsp3) is 0.481. The van der Waals surface area contributed by atoms with Crippen LogP contribution in [0.15, 0.2) is 85.2 Å². The number of esters is 1. The van der Waals surface area contributed by atoms with Crippen molar-refractivity contribution in [2.45, 2.75) is 149 Å². The Morgan fingerprint density at radius 2 is 1.20 bits per heavy atom. The molecule has 2 aromatic heterocycles. The van der Waals surface area contributed by atoms with Gasteiger partial charge in [-0.1, -0.05) is 62.4 Å². The van der Waals surface area contributed by atoms with Crippen molar-refractivity contribution in [1.29, 1.82) is 0 Å². The van der Waals surface area contributed by atoms with E-state index >= 15 is 0 Å². The molecule has 71 heavy (non-hydrogen) atoms. The molecule has 2 heterocycles. The summed E-state index contributed by atoms with van der Waals surface area (Å²) in [6.07, 6.45) is 3.00. The average Bonchev–Trinajstić information content (AvgIpc) is 3.86. The molecule has 0 aliphatic rings. The quantitative estimate of drug-likeness (QED) is 0.0466. The Balaban J connectivity index is 1.46. The zero-order valence-corrected chi connectivity index (χ0v) is 43.2. The summed E-state index contributed by atoms with van der Waals surface area (Å²) in [7, 11) is 1.24. The molecule has 0 saturated heterocycles. The van der Waals surface area contributed by atoms with Gasteiger partial charge in [-0.15, -0.1) is 0 Å². The first-order chi connectivity index (χ1) is 33.2. The van der Waals surface area contributed by atoms with Crippen LogP contribution in [0.5, 0.6) is 5.75 Å². The second-order valence-corrected chi connectivity index (χ2v) is 21.3. The van der Waals surface area contributed by atoms with Gasteiger partial charge in [0, 0.05) is 41.5 Å². The van der Waals surface area contributed by atoms with Crippen molar-refractivity contribution >= 4 is 57.5 Å². The lowest BCUT2D eigenvalue weighted by Crippen LogP contribution is -2.60. The van der Waals surface area contributed by atoms with Crippen molar-refractivity contribution in [3.8, 4) is 5.75 Å². The highest BCUT2D eigenvalue weighted by Gasteiger charge is 2.34. The first-order valence-corrected chi connectivity index (χ1v) is 24.0. The molecule has 0 radical (unpaired) electrons. The maximum atomic E-state index is 14.8. The van der Waals surface area contributed by atoms with Crippen molar-refractivity contribution in [2.75, 3.05) is 13.7 Å². The van der Waals surface area contributed by atoms with Gasteiger partial charge in [0.1, 0.15) is 41.1 Å². The van der Waals surface area contributed by atoms with Gasteiger partial charge in [0.2, 0.25) is 23.6 Å². The molecule has 7 N–H and O–H groups in total. The number of carbonyl (C=O) groups excluding carboxylic acids is 6. The van der Waals surface area contributed by atoms with Crippen LogP contribution in [-0.4, -0.2) is 106 Å². The van der Waals surface area contributed by atoms with E-state index in [1.807, 2.05) is 71.0 Å². The summed E-state index contributed by atoms with van der Waals surface area (Å²) in [5, 5.41) is 12.8. The Labute approximate surface area is 416 Å². The predicted molar refractivity (Wildman–Crippen MR) is 273 cm³/mol. The number of para-hydroxylation sites is 2. The van der Waals surface area contributed by atoms with Gasteiger partial charge in [-0.05, 0) is 122 Å². The highest BCUT2D eigenvalue weighted by atomic mass is 16.6. The molecule has 0 fully saturated rings. The highest BCUT2D eigenvalue weighted by Crippen LogP contribution is 2.25. The number of benzene rings is 3. The monoisotopic (exact) mass is 980 g/mol. The third-order valence-corrected chi connectivity index (χ3v) is 11.1. The highest BCUT2D eigenvalue weighted by molar-refractivity contribution is 5.97. The third kappa shape index (κ3) is 16.4. The smallest absolute Gasteiger partial charge is 0.419 e. The molecule has 5 atom stereocenters. The molecule has 0 saturated carbocycles. The Morgan fingerprint density at radius 3 is 1.79 bits per heavy atom. The normalized spacial score (nSPS) is 14.2. The molecule has 0 bridgehead atoms. The molecule has 3 aromatic carbocycles. The molecule has 4 amide bonds. The molecular formula is C54H73N7O10. The Bertz CT molecular complexity index is 2650. The van der Waals surface area contributed by atoms with Crippen molar-refractivity contribution < 1.29 is 47.7 Å². The summed E-state index contributed by atoms with van der Waals surface area (Å²) in [6, 6.07) is 15.7. The molecule has 0 unspecified atom stereocenters. The van der Waals surface area contributed by atoms with Crippen LogP contribution in [0, 0.1) is 5.92 Å². The second-order valence-electron chi connectivity index (χ2n) is 21.3. The maximum absolute atomic E-state index is 14.8. The Hall–Kier alpha value is -6.72. The van der Waals surface area contributed by atoms with Gasteiger partial charge >= 0.3 is 12.1 Å². The third-order valence-electron chi connectivity index (χ3n) is 11.1. The molecule has 0 aliphatic heterocycles. The maximum Gasteiger partial charge on any atom is 0.419 e. The number of carbonyl (C=O) groups is 6. The lowest BCUT2D eigenvalue weighted by molar-refractivity contribution is -0.146. The summed E-state index contributed by atoms with van der Waals surface area (Å²) in [5.74, 6) is -2.83. The van der Waals surface area contributed by atoms with Crippen LogP contribution >= 0.6 is 0 Å². The van der Waals surface area contributed by atoms with Crippen molar-refractivity contribution in [2.24, 2.45) is 11.7 Å². The predicted octanol–water partition coefficient (Wildman–Crippen LogP) is 6.41. The van der Waals surface area contributed by atoms with Crippen LogP contribution in [-0.2, 0) is 57.4 Å². The summed E-state index contributed by atoms with van der Waals surface area (Å²) in [4.78, 5) is 87.1. The Kier molecular flexibility index (Phi) is 18.2. The van der Waals surface area contributed by atoms with E-state index in [2.05, 4.69) is 26.3 Å². The molecule has 5 aromatic rings. The number of hydrogen-bond acceptors (Lipinski definition) is 11. The molecular weight excluding hydrogens is 907 g/mol. The molecule has 17 nitrogen and oxygen atoms in total. The van der Waals surface area contributed by atoms with Crippen molar-refractivity contribution in [3.05, 3.63) is 102 Å². The number of nitrogens with two attached hydrogens (primary N) is 1. The van der Waals surface area contributed by atoms with Crippen LogP contribution in [0.3, 0.4) is 0 Å². The van der Waals surface area contributed by atoms with Crippen LogP contribution in [0.2, 0.25) is 0 Å². The first kappa shape index (κ1) is 55.2. The number of methoxy groups -OCH3 is 1. The number of nitrogens with zero attached hydrogens (tertiary/aromatic N) is 1. The summed E-state index contributed by atoms with van der Waals surface area (Å²) in [6.45, 7) is 20.0. The van der Waals surface area contributed by atoms with Gasteiger partial charge in [0.25, 0.3) is 0 Å². The first-order valence-electron chi connectivity index (χ1n) is 24.0. The fourth-order valence-electron chi connectivity index (χ4n) is 7.87. The van der Waals surface area contributed by atoms with E-state index in [-0.39, 0.29) is 38.2 Å². The topological polar surface area (TPSA) is 234 Å². The van der Waals surface area contributed by atoms with Crippen LogP contribution in [0.1, 0.15) is 99.3 Å². The number of rotatable bonds is 20. The fourth-order valence-corrected chi connectivity index (χ4v) is 7.87. The minimum absolute atomic E-state index is 0.00947. The molecule has 17 heteroatoms. The Morgan fingerprint density at radius 1 is 0.634 bits per heavy atom. The van der Waals surface area contributed by atoms with Gasteiger partial charge in [-0.25, -0.2) is 9.59 Å². The zero-order chi connectivity index (χ0) is 52.4. The number of ether oxygens (including phenoxy) is 4. The van der Waals surface area contributed by atoms with E-state index in [1.54, 1.807) is 90.3 Å². The van der Waals surface area contributed by atoms with E-state index < -0.39 is 82.7 Å². The molecule has 384 valence electrons. The van der Waals surface area contributed by atoms with Crippen molar-refractivity contribution in [1.82, 2.24) is 30.8 Å². The lowest BCUT2D eigenvalue weighted by atomic mass is 10.00. The van der Waals surface area contributed by atoms with Gasteiger partial charge in [0.05, 0.1) is 30.9 Å². The van der Waals surface area contributed by atoms with Gasteiger partial charge in [-0.2, -0.15) is 0 Å². The number of H-pyrrole nitrogens is 1. The van der Waals surface area contributed by atoms with E-state index in [0.717, 1.165) is 16.5 Å². The molecule has 0 aliphatic carbocycles. The number of nitrogens with one attached hydrogen (secondary N) is 5. The number of aromatic amines is 1. The van der Waals surface area contributed by atoms with E-state index in [1.165, 1.54) is 11.7 Å². The zero-order valence-electron chi connectivity index (χ0n) is 43.2. The van der Waals surface area contributed by atoms with E-state index in [4.69, 9.17) is 24.7 Å². The van der Waals surface area contributed by atoms with Gasteiger partial charge < -0.3 is 50.9 Å². The van der Waals surface area contributed by atoms with Crippen LogP contribution in [0.25, 0.3) is 21.8 Å². The number of fused-ring (bicyclic) bond motifs is 2. The number of amides is 4. The van der Waals surface area contributed by atoms with E-state index in [0.29, 0.717) is 27.8 Å². The standard InChI is InChI=1S/C54H73N7O10/c1-32(2)25-43(50(66)68-12)59-48(64)42(28-34-29-56-40-19-15-13-17-37(34)40)58-47(63)41(26-33-21-23-36(24-22-33)70-53(6,7)8)57-49(65)44(31-69-52(3,4)5)60-46(62)39(55)27-35-30-61(51(67)71-54(9,10)11)45-20-16-14-18-38(35)45/h13-24,29-30,32,39,41-44,56H,25-28,31,55H2,1-12H3,(H,57,65)(H,58,63)(H,59,64)(H,60,62)/t39-,41-,42+,43-,44-/m0/s1. The number of hydrogen-bond donors (Lipinski definition) is 6. The largest absolute Gasteiger partial charge is 0.488 e. The average molecular weight is 980 g/mol. The van der Waals surface area contributed by atoms with Gasteiger partial charge in [-0.3, -0.25) is 23.7 Å². The minimum atomic E-state index is -1.35. The molecule has 5 rings (SSSR count). The summed E-state index contributed by atoms with van der Waals surface area (Å²) >= 11 is 0. The van der Waals surface area contributed by atoms with Gasteiger partial charge in [0.15, 0.2) is 0 Å². The number of aromatic nitrogens is 2.